The topological polar surface area (TPSA) is 378 Å². The average molecular weight is 1810 g/mol. The number of aromatic nitrogens is 8. The highest BCUT2D eigenvalue weighted by Crippen LogP contribution is 2.47. The van der Waals surface area contributed by atoms with Crippen LogP contribution in [0.4, 0.5) is 22.7 Å². The minimum absolute atomic E-state index is 0.0504. The van der Waals surface area contributed by atoms with Crippen molar-refractivity contribution in [1.82, 2.24) is 58.7 Å². The quantitative estimate of drug-likeness (QED) is 0.0242. The fourth-order valence-corrected chi connectivity index (χ4v) is 20.8. The SMILES string of the molecule is CC1(C)CCC(CN2CCN(c3ccc(C(=O)NS(=O)(=O)c4ccc(OCC5CCC(O)CC5)c([N+](=O)[O-])c4)c(-n4[nH]cc5nc6nccc6cc54)c3)CC2)=C(c2ccc(Cl)cc2)C1.CC1(C)CCC(CN2CCN(c3ccc(C(=O)NS(=O)(=O)c4ccc(OCC5CCC(O)CC5)c([N+](=O)[O-])c4)c(-n4[nH]cc5nc6nccc6cc54)c3)CC2)=C(c2ccc(Cl)cc2)C1. The van der Waals surface area contributed by atoms with Crippen molar-refractivity contribution in [2.75, 3.05) is 88.5 Å². The van der Waals surface area contributed by atoms with Crippen molar-refractivity contribution in [1.29, 1.82) is 0 Å². The zero-order valence-corrected chi connectivity index (χ0v) is 74.7. The molecule has 2 saturated heterocycles. The van der Waals surface area contributed by atoms with Gasteiger partial charge >= 0.3 is 11.4 Å². The maximum atomic E-state index is 14.2. The number of aromatic amines is 2. The number of hydrogen-bond donors (Lipinski definition) is 6. The second-order valence-corrected chi connectivity index (χ2v) is 40.4. The molecule has 2 saturated carbocycles. The molecule has 0 atom stereocenters. The first-order chi connectivity index (χ1) is 61.4. The van der Waals surface area contributed by atoms with Crippen LogP contribution in [0.3, 0.4) is 0 Å². The van der Waals surface area contributed by atoms with Crippen LogP contribution in [0, 0.1) is 42.9 Å². The van der Waals surface area contributed by atoms with Crippen LogP contribution in [-0.4, -0.2) is 189 Å². The molecule has 128 heavy (non-hydrogen) atoms. The average Bonchev–Trinajstić information content (AvgIpc) is 1.58. The number of piperazine rings is 2. The number of nitro groups is 2. The molecule has 12 aromatic rings. The van der Waals surface area contributed by atoms with Crippen molar-refractivity contribution < 1.29 is 56.0 Å². The Labute approximate surface area is 750 Å². The Bertz CT molecular complexity index is 6150. The molecule has 2 amide bonds. The Balaban J connectivity index is 0.000000180. The van der Waals surface area contributed by atoms with E-state index in [9.17, 15) is 56.9 Å². The fourth-order valence-electron chi connectivity index (χ4n) is 18.6. The van der Waals surface area contributed by atoms with Gasteiger partial charge in [-0.05, 0) is 244 Å². The molecule has 668 valence electrons. The first kappa shape index (κ1) is 88.4. The largest absolute Gasteiger partial charge is 0.487 e. The number of nitrogens with one attached hydrogen (secondary N) is 4. The monoisotopic (exact) mass is 1810 g/mol. The summed E-state index contributed by atoms with van der Waals surface area (Å²) in [4.78, 5) is 77.9. The van der Waals surface area contributed by atoms with Gasteiger partial charge in [0.15, 0.2) is 22.8 Å². The summed E-state index contributed by atoms with van der Waals surface area (Å²) in [5, 5.41) is 53.4. The number of allylic oxidation sites excluding steroid dienone is 2. The second kappa shape index (κ2) is 36.9. The number of anilines is 2. The number of benzene rings is 6. The third-order valence-electron chi connectivity index (χ3n) is 26.0. The molecule has 0 bridgehead atoms. The highest BCUT2D eigenvalue weighted by Gasteiger charge is 2.36. The first-order valence-corrected chi connectivity index (χ1v) is 47.2. The number of sulfonamides is 2. The number of aliphatic hydroxyl groups excluding tert-OH is 2. The number of fused-ring (bicyclic) bond motifs is 4. The predicted octanol–water partition coefficient (Wildman–Crippen LogP) is 16.6. The molecular formula is C94H102Cl2N16O14S2. The van der Waals surface area contributed by atoms with Gasteiger partial charge in [-0.3, -0.25) is 59.2 Å². The van der Waals surface area contributed by atoms with Crippen LogP contribution in [0.15, 0.2) is 191 Å². The maximum absolute atomic E-state index is 14.2. The fraction of sp³-hybridized carbons (Fsp3) is 0.383. The Hall–Kier alpha value is -11.6. The minimum Gasteiger partial charge on any atom is -0.487 e. The Kier molecular flexibility index (Phi) is 25.5. The summed E-state index contributed by atoms with van der Waals surface area (Å²) >= 11 is 12.5. The molecule has 34 heteroatoms. The van der Waals surface area contributed by atoms with Crippen LogP contribution in [0.2, 0.25) is 10.0 Å². The molecule has 6 N–H and O–H groups in total. The molecule has 6 aromatic carbocycles. The van der Waals surface area contributed by atoms with Gasteiger partial charge in [0.05, 0.1) is 78.6 Å². The summed E-state index contributed by atoms with van der Waals surface area (Å²) in [5.41, 5.74) is 13.8. The zero-order valence-electron chi connectivity index (χ0n) is 71.6. The lowest BCUT2D eigenvalue weighted by atomic mass is 9.72. The van der Waals surface area contributed by atoms with Gasteiger partial charge in [-0.25, -0.2) is 46.2 Å². The number of H-pyrrole nitrogens is 2. The van der Waals surface area contributed by atoms with Gasteiger partial charge < -0.3 is 29.5 Å². The molecule has 0 spiro atoms. The Morgan fingerprint density at radius 1 is 0.508 bits per heavy atom. The van der Waals surface area contributed by atoms with Crippen LogP contribution >= 0.6 is 23.2 Å². The smallest absolute Gasteiger partial charge is 0.312 e. The molecule has 4 aliphatic carbocycles. The van der Waals surface area contributed by atoms with E-state index in [-0.39, 0.29) is 70.7 Å². The molecule has 0 unspecified atom stereocenters. The van der Waals surface area contributed by atoms with Gasteiger partial charge in [0.2, 0.25) is 0 Å². The maximum Gasteiger partial charge on any atom is 0.312 e. The van der Waals surface area contributed by atoms with Gasteiger partial charge in [0.25, 0.3) is 31.9 Å². The molecule has 30 nitrogen and oxygen atoms in total. The Morgan fingerprint density at radius 2 is 0.891 bits per heavy atom. The molecule has 6 aromatic heterocycles. The molecule has 2 aliphatic heterocycles. The molecule has 18 rings (SSSR count). The minimum atomic E-state index is -4.60. The summed E-state index contributed by atoms with van der Waals surface area (Å²) in [6, 6.07) is 41.1. The van der Waals surface area contributed by atoms with Crippen molar-refractivity contribution in [3.63, 3.8) is 0 Å². The van der Waals surface area contributed by atoms with Crippen molar-refractivity contribution in [2.24, 2.45) is 22.7 Å². The van der Waals surface area contributed by atoms with Gasteiger partial charge in [0.1, 0.15) is 11.0 Å². The van der Waals surface area contributed by atoms with Crippen LogP contribution in [0.25, 0.3) is 66.7 Å². The molecule has 4 fully saturated rings. The lowest BCUT2D eigenvalue weighted by Crippen LogP contribution is -2.47. The van der Waals surface area contributed by atoms with E-state index in [0.717, 1.165) is 174 Å². The number of carbonyl (C=O) groups is 2. The first-order valence-electron chi connectivity index (χ1n) is 43.5. The number of aliphatic hydroxyl groups is 2. The van der Waals surface area contributed by atoms with E-state index in [1.165, 1.54) is 57.7 Å². The number of amides is 2. The number of nitro benzene ring substituents is 2. The highest BCUT2D eigenvalue weighted by atomic mass is 35.5. The van der Waals surface area contributed by atoms with Crippen LogP contribution in [0.1, 0.15) is 149 Å². The van der Waals surface area contributed by atoms with E-state index in [4.69, 9.17) is 32.7 Å². The summed E-state index contributed by atoms with van der Waals surface area (Å²) in [5.74, 6) is -1.77. The van der Waals surface area contributed by atoms with E-state index in [2.05, 4.69) is 111 Å². The number of pyridine rings is 2. The summed E-state index contributed by atoms with van der Waals surface area (Å²) in [7, 11) is -9.21. The third kappa shape index (κ3) is 19.8. The summed E-state index contributed by atoms with van der Waals surface area (Å²) in [6.07, 6.45) is 17.8. The van der Waals surface area contributed by atoms with Crippen molar-refractivity contribution in [3.05, 3.63) is 234 Å². The van der Waals surface area contributed by atoms with Crippen LogP contribution in [-0.2, 0) is 20.0 Å². The van der Waals surface area contributed by atoms with Crippen molar-refractivity contribution in [2.45, 2.75) is 140 Å². The third-order valence-corrected chi connectivity index (χ3v) is 29.2. The zero-order chi connectivity index (χ0) is 89.5. The standard InChI is InChI=1S/2C47H51ClN8O7S/c2*1-47(2)17-15-33(39(26-47)31-5-7-34(48)8-6-31)28-53-19-21-54(22-20-53)35-9-13-38(41(24-35)55-42-23-32-16-18-49-45(32)51-40(42)27-50-55)46(58)52-64(61,62)37-12-14-44(43(25-37)56(59)60)63-29-30-3-10-36(57)11-4-30/h2*5-9,12-14,16,18,23-25,27,30,36,50,57H,3-4,10-11,15,17,19-22,26,28-29H2,1-2H3,(H,52,58). The van der Waals surface area contributed by atoms with Crippen LogP contribution < -0.4 is 28.7 Å². The van der Waals surface area contributed by atoms with Gasteiger partial charge in [0, 0.05) is 135 Å². The number of carbonyl (C=O) groups excluding carboxylic acids is 2. The molecule has 8 heterocycles. The summed E-state index contributed by atoms with van der Waals surface area (Å²) < 4.78 is 74.7. The second-order valence-electron chi connectivity index (χ2n) is 36.1. The summed E-state index contributed by atoms with van der Waals surface area (Å²) in [6.45, 7) is 17.7. The molecular weight excluding hydrogens is 1710 g/mol. The van der Waals surface area contributed by atoms with E-state index in [1.54, 1.807) is 46.3 Å². The van der Waals surface area contributed by atoms with Gasteiger partial charge in [-0.1, -0.05) is 86.3 Å². The van der Waals surface area contributed by atoms with E-state index < -0.39 is 62.9 Å². The van der Waals surface area contributed by atoms with Crippen molar-refractivity contribution in [3.8, 4) is 22.9 Å². The van der Waals surface area contributed by atoms with E-state index in [1.807, 2.05) is 72.8 Å². The molecule has 6 aliphatic rings. The van der Waals surface area contributed by atoms with Gasteiger partial charge in [-0.15, -0.1) is 0 Å². The number of rotatable bonds is 24. The highest BCUT2D eigenvalue weighted by molar-refractivity contribution is 7.90. The van der Waals surface area contributed by atoms with E-state index >= 15 is 0 Å². The van der Waals surface area contributed by atoms with E-state index in [0.29, 0.717) is 70.4 Å². The normalized spacial score (nSPS) is 19.6. The lowest BCUT2D eigenvalue weighted by molar-refractivity contribution is -0.386. The number of hydrogen-bond acceptors (Lipinski definition) is 22. The van der Waals surface area contributed by atoms with Crippen LogP contribution in [0.5, 0.6) is 11.5 Å². The van der Waals surface area contributed by atoms with Crippen molar-refractivity contribution >= 4 is 133 Å². The predicted molar refractivity (Wildman–Crippen MR) is 493 cm³/mol. The molecule has 0 radical (unpaired) electrons. The number of nitrogens with zero attached hydrogens (tertiary/aromatic N) is 12. The number of ether oxygens (including phenoxy) is 2. The van der Waals surface area contributed by atoms with Gasteiger partial charge in [-0.2, -0.15) is 0 Å². The Morgan fingerprint density at radius 3 is 1.27 bits per heavy atom. The number of halogens is 2. The lowest BCUT2D eigenvalue weighted by Gasteiger charge is -2.39.